The number of fused-ring (bicyclic) bond motifs is 2. The summed E-state index contributed by atoms with van der Waals surface area (Å²) in [6, 6.07) is 0. The van der Waals surface area contributed by atoms with Crippen LogP contribution in [0, 0.1) is 17.8 Å². The lowest BCUT2D eigenvalue weighted by Crippen LogP contribution is -2.27. The van der Waals surface area contributed by atoms with Crippen LogP contribution in [0.3, 0.4) is 0 Å². The zero-order valence-corrected chi connectivity index (χ0v) is 10.4. The Balaban J connectivity index is 1.66. The summed E-state index contributed by atoms with van der Waals surface area (Å²) in [4.78, 5) is 11.7. The van der Waals surface area contributed by atoms with Gasteiger partial charge in [-0.3, -0.25) is 4.79 Å². The first-order valence-electron chi connectivity index (χ1n) is 6.27. The molecule has 0 aromatic rings. The molecular weight excluding hydrogens is 222 g/mol. The number of alkyl halides is 1. The van der Waals surface area contributed by atoms with Crippen LogP contribution in [0.15, 0.2) is 12.2 Å². The van der Waals surface area contributed by atoms with Gasteiger partial charge in [0.1, 0.15) is 0 Å². The first-order chi connectivity index (χ1) is 7.79. The van der Waals surface area contributed by atoms with Crippen LogP contribution < -0.4 is 5.32 Å². The van der Waals surface area contributed by atoms with Crippen LogP contribution in [0.4, 0.5) is 0 Å². The van der Waals surface area contributed by atoms with E-state index in [0.29, 0.717) is 18.3 Å². The smallest absolute Gasteiger partial charge is 0.220 e. The summed E-state index contributed by atoms with van der Waals surface area (Å²) in [7, 11) is 0. The fourth-order valence-corrected chi connectivity index (χ4v) is 3.38. The lowest BCUT2D eigenvalue weighted by Gasteiger charge is -2.20. The largest absolute Gasteiger partial charge is 0.353 e. The Hall–Kier alpha value is -0.500. The summed E-state index contributed by atoms with van der Waals surface area (Å²) in [5.74, 6) is 3.16. The van der Waals surface area contributed by atoms with Crippen LogP contribution in [0.2, 0.25) is 0 Å². The Morgan fingerprint density at radius 3 is 2.81 bits per heavy atom. The molecule has 16 heavy (non-hydrogen) atoms. The lowest BCUT2D eigenvalue weighted by molar-refractivity contribution is -0.122. The SMILES string of the molecule is O=C(CC1CC2CCC1C2)NC/C=C/CCl. The van der Waals surface area contributed by atoms with Crippen molar-refractivity contribution in [3.63, 3.8) is 0 Å². The van der Waals surface area contributed by atoms with Gasteiger partial charge in [-0.15, -0.1) is 11.6 Å². The number of amides is 1. The summed E-state index contributed by atoms with van der Waals surface area (Å²) in [6.07, 6.45) is 9.93. The minimum absolute atomic E-state index is 0.205. The standard InChI is InChI=1S/C13H20ClNO/c14-5-1-2-6-15-13(16)9-12-8-10-3-4-11(12)7-10/h1-2,10-12H,3-9H2,(H,15,16)/b2-1+. The topological polar surface area (TPSA) is 29.1 Å². The zero-order chi connectivity index (χ0) is 11.4. The molecule has 0 aromatic heterocycles. The van der Waals surface area contributed by atoms with E-state index in [1.54, 1.807) is 0 Å². The summed E-state index contributed by atoms with van der Waals surface area (Å²) in [5, 5.41) is 2.92. The van der Waals surface area contributed by atoms with Crippen LogP contribution in [0.25, 0.3) is 0 Å². The first kappa shape index (κ1) is 12.0. The predicted molar refractivity (Wildman–Crippen MR) is 66.4 cm³/mol. The van der Waals surface area contributed by atoms with Crippen molar-refractivity contribution >= 4 is 17.5 Å². The monoisotopic (exact) mass is 241 g/mol. The minimum Gasteiger partial charge on any atom is -0.353 e. The van der Waals surface area contributed by atoms with Gasteiger partial charge in [0.2, 0.25) is 5.91 Å². The molecule has 1 amide bonds. The van der Waals surface area contributed by atoms with E-state index < -0.39 is 0 Å². The van der Waals surface area contributed by atoms with Crippen molar-refractivity contribution in [2.24, 2.45) is 17.8 Å². The molecule has 3 unspecified atom stereocenters. The Labute approximate surface area is 102 Å². The second kappa shape index (κ2) is 5.72. The molecule has 0 aromatic carbocycles. The minimum atomic E-state index is 0.205. The van der Waals surface area contributed by atoms with Crippen molar-refractivity contribution in [1.82, 2.24) is 5.32 Å². The number of allylic oxidation sites excluding steroid dienone is 1. The molecule has 2 aliphatic carbocycles. The maximum Gasteiger partial charge on any atom is 0.220 e. The second-order valence-corrected chi connectivity index (χ2v) is 5.38. The molecule has 0 heterocycles. The molecule has 2 rings (SSSR count). The molecule has 3 atom stereocenters. The summed E-state index contributed by atoms with van der Waals surface area (Å²) < 4.78 is 0. The van der Waals surface area contributed by atoms with Gasteiger partial charge in [0.25, 0.3) is 0 Å². The third kappa shape index (κ3) is 3.00. The summed E-state index contributed by atoms with van der Waals surface area (Å²) in [6.45, 7) is 0.617. The number of halogens is 1. The lowest BCUT2D eigenvalue weighted by atomic mass is 9.86. The quantitative estimate of drug-likeness (QED) is 0.582. The van der Waals surface area contributed by atoms with E-state index in [0.717, 1.165) is 18.3 Å². The molecular formula is C13H20ClNO. The molecule has 2 bridgehead atoms. The number of hydrogen-bond donors (Lipinski definition) is 1. The molecule has 2 nitrogen and oxygen atoms in total. The van der Waals surface area contributed by atoms with Gasteiger partial charge < -0.3 is 5.32 Å². The first-order valence-corrected chi connectivity index (χ1v) is 6.80. The van der Waals surface area contributed by atoms with E-state index in [4.69, 9.17) is 11.6 Å². The van der Waals surface area contributed by atoms with Crippen molar-refractivity contribution in [2.75, 3.05) is 12.4 Å². The normalized spacial score (nSPS) is 32.4. The molecule has 0 radical (unpaired) electrons. The van der Waals surface area contributed by atoms with E-state index in [9.17, 15) is 4.79 Å². The average Bonchev–Trinajstić information content (AvgIpc) is 2.86. The van der Waals surface area contributed by atoms with E-state index in [-0.39, 0.29) is 5.91 Å². The highest BCUT2D eigenvalue weighted by atomic mass is 35.5. The fraction of sp³-hybridized carbons (Fsp3) is 0.769. The fourth-order valence-electron chi connectivity index (χ4n) is 3.26. The highest BCUT2D eigenvalue weighted by molar-refractivity contribution is 6.18. The van der Waals surface area contributed by atoms with Gasteiger partial charge in [0, 0.05) is 18.8 Å². The molecule has 90 valence electrons. The Morgan fingerprint density at radius 2 is 2.19 bits per heavy atom. The zero-order valence-electron chi connectivity index (χ0n) is 9.62. The third-order valence-corrected chi connectivity index (χ3v) is 4.18. The van der Waals surface area contributed by atoms with Gasteiger partial charge >= 0.3 is 0 Å². The van der Waals surface area contributed by atoms with E-state index in [2.05, 4.69) is 5.32 Å². The number of rotatable bonds is 5. The molecule has 2 saturated carbocycles. The Morgan fingerprint density at radius 1 is 1.31 bits per heavy atom. The number of carbonyl (C=O) groups is 1. The molecule has 3 heteroatoms. The highest BCUT2D eigenvalue weighted by Crippen LogP contribution is 2.49. The van der Waals surface area contributed by atoms with Crippen LogP contribution in [-0.2, 0) is 4.79 Å². The van der Waals surface area contributed by atoms with Crippen LogP contribution >= 0.6 is 11.6 Å². The highest BCUT2D eigenvalue weighted by Gasteiger charge is 2.39. The number of hydrogen-bond acceptors (Lipinski definition) is 1. The van der Waals surface area contributed by atoms with Gasteiger partial charge in [-0.25, -0.2) is 0 Å². The van der Waals surface area contributed by atoms with Crippen LogP contribution in [0.5, 0.6) is 0 Å². The van der Waals surface area contributed by atoms with Crippen molar-refractivity contribution < 1.29 is 4.79 Å². The van der Waals surface area contributed by atoms with Crippen molar-refractivity contribution in [2.45, 2.75) is 32.1 Å². The molecule has 2 fully saturated rings. The summed E-state index contributed by atoms with van der Waals surface area (Å²) >= 11 is 5.50. The van der Waals surface area contributed by atoms with Gasteiger partial charge in [-0.05, 0) is 37.0 Å². The van der Waals surface area contributed by atoms with E-state index in [1.165, 1.54) is 25.7 Å². The second-order valence-electron chi connectivity index (χ2n) is 5.07. The van der Waals surface area contributed by atoms with Crippen LogP contribution in [-0.4, -0.2) is 18.3 Å². The van der Waals surface area contributed by atoms with Crippen molar-refractivity contribution in [3.05, 3.63) is 12.2 Å². The van der Waals surface area contributed by atoms with E-state index >= 15 is 0 Å². The van der Waals surface area contributed by atoms with Gasteiger partial charge in [0.15, 0.2) is 0 Å². The molecule has 0 spiro atoms. The predicted octanol–water partition coefficient (Wildman–Crippen LogP) is 2.72. The Kier molecular flexibility index (Phi) is 4.28. The van der Waals surface area contributed by atoms with Crippen molar-refractivity contribution in [3.8, 4) is 0 Å². The maximum absolute atomic E-state index is 11.7. The van der Waals surface area contributed by atoms with Crippen LogP contribution in [0.1, 0.15) is 32.1 Å². The Bertz CT molecular complexity index is 277. The van der Waals surface area contributed by atoms with Gasteiger partial charge in [-0.2, -0.15) is 0 Å². The number of nitrogens with one attached hydrogen (secondary N) is 1. The van der Waals surface area contributed by atoms with E-state index in [1.807, 2.05) is 12.2 Å². The summed E-state index contributed by atoms with van der Waals surface area (Å²) in [5.41, 5.74) is 0. The molecule has 0 aliphatic heterocycles. The maximum atomic E-state index is 11.7. The van der Waals surface area contributed by atoms with Crippen molar-refractivity contribution in [1.29, 1.82) is 0 Å². The van der Waals surface area contributed by atoms with Gasteiger partial charge in [0.05, 0.1) is 0 Å². The molecule has 2 aliphatic rings. The average molecular weight is 242 g/mol. The van der Waals surface area contributed by atoms with Gasteiger partial charge in [-0.1, -0.05) is 18.6 Å². The molecule has 1 N–H and O–H groups in total. The molecule has 0 saturated heterocycles. The number of carbonyl (C=O) groups excluding carboxylic acids is 1. The third-order valence-electron chi connectivity index (χ3n) is 4.00.